The number of hydrogen-bond acceptors (Lipinski definition) is 5. The van der Waals surface area contributed by atoms with Gasteiger partial charge in [-0.2, -0.15) is 0 Å². The minimum Gasteiger partial charge on any atom is -0.449 e. The van der Waals surface area contributed by atoms with Crippen LogP contribution in [0, 0.1) is 0 Å². The number of rotatable bonds is 7. The summed E-state index contributed by atoms with van der Waals surface area (Å²) in [6.07, 6.45) is -0.876. The fourth-order valence-electron chi connectivity index (χ4n) is 4.02. The molecule has 0 aliphatic carbocycles. The molecule has 0 spiro atoms. The van der Waals surface area contributed by atoms with Crippen molar-refractivity contribution in [2.24, 2.45) is 0 Å². The average molecular weight is 457 g/mol. The highest BCUT2D eigenvalue weighted by Crippen LogP contribution is 2.14. The molecule has 34 heavy (non-hydrogen) atoms. The molecule has 1 amide bonds. The van der Waals surface area contributed by atoms with Gasteiger partial charge in [-0.25, -0.2) is 4.79 Å². The second-order valence-corrected chi connectivity index (χ2v) is 8.41. The van der Waals surface area contributed by atoms with E-state index >= 15 is 0 Å². The molecule has 0 bridgehead atoms. The van der Waals surface area contributed by atoms with Crippen molar-refractivity contribution in [2.75, 3.05) is 26.2 Å². The van der Waals surface area contributed by atoms with Crippen LogP contribution in [0.1, 0.15) is 38.8 Å². The Morgan fingerprint density at radius 2 is 1.26 bits per heavy atom. The van der Waals surface area contributed by atoms with Gasteiger partial charge in [-0.3, -0.25) is 14.5 Å². The van der Waals surface area contributed by atoms with Crippen molar-refractivity contribution in [3.05, 3.63) is 107 Å². The Labute approximate surface area is 199 Å². The zero-order valence-electron chi connectivity index (χ0n) is 19.2. The largest absolute Gasteiger partial charge is 0.449 e. The summed E-state index contributed by atoms with van der Waals surface area (Å²) < 4.78 is 5.43. The van der Waals surface area contributed by atoms with Crippen LogP contribution in [0.3, 0.4) is 0 Å². The van der Waals surface area contributed by atoms with Crippen LogP contribution in [-0.2, 0) is 16.1 Å². The number of piperazine rings is 1. The highest BCUT2D eigenvalue weighted by molar-refractivity contribution is 6.09. The van der Waals surface area contributed by atoms with Gasteiger partial charge in [-0.1, -0.05) is 72.8 Å². The summed E-state index contributed by atoms with van der Waals surface area (Å²) in [6.45, 7) is 5.21. The summed E-state index contributed by atoms with van der Waals surface area (Å²) in [5.74, 6) is -0.888. The Balaban J connectivity index is 1.28. The molecule has 1 saturated heterocycles. The molecule has 3 aromatic carbocycles. The van der Waals surface area contributed by atoms with E-state index in [0.717, 1.165) is 19.6 Å². The quantitative estimate of drug-likeness (QED) is 0.400. The smallest absolute Gasteiger partial charge is 0.338 e. The van der Waals surface area contributed by atoms with Gasteiger partial charge in [0.2, 0.25) is 0 Å². The highest BCUT2D eigenvalue weighted by atomic mass is 16.5. The van der Waals surface area contributed by atoms with Crippen LogP contribution in [0.2, 0.25) is 0 Å². The van der Waals surface area contributed by atoms with Crippen molar-refractivity contribution in [3.63, 3.8) is 0 Å². The molecule has 0 radical (unpaired) electrons. The lowest BCUT2D eigenvalue weighted by Gasteiger charge is -2.35. The number of carbonyl (C=O) groups is 3. The topological polar surface area (TPSA) is 66.9 Å². The number of esters is 1. The Kier molecular flexibility index (Phi) is 7.50. The molecular formula is C28H28N2O4. The lowest BCUT2D eigenvalue weighted by Crippen LogP contribution is -2.51. The lowest BCUT2D eigenvalue weighted by molar-refractivity contribution is -0.141. The van der Waals surface area contributed by atoms with Gasteiger partial charge in [-0.15, -0.1) is 0 Å². The minimum atomic E-state index is -0.876. The third-order valence-electron chi connectivity index (χ3n) is 5.98. The molecule has 174 valence electrons. The van der Waals surface area contributed by atoms with Gasteiger partial charge in [0.15, 0.2) is 11.9 Å². The molecule has 6 nitrogen and oxygen atoms in total. The van der Waals surface area contributed by atoms with Gasteiger partial charge in [0, 0.05) is 43.9 Å². The number of hydrogen-bond donors (Lipinski definition) is 0. The van der Waals surface area contributed by atoms with E-state index in [0.29, 0.717) is 29.8 Å². The summed E-state index contributed by atoms with van der Waals surface area (Å²) >= 11 is 0. The predicted molar refractivity (Wildman–Crippen MR) is 129 cm³/mol. The second kappa shape index (κ2) is 10.9. The van der Waals surface area contributed by atoms with Gasteiger partial charge < -0.3 is 9.64 Å². The fourth-order valence-corrected chi connectivity index (χ4v) is 4.02. The maximum atomic E-state index is 12.8. The van der Waals surface area contributed by atoms with Crippen molar-refractivity contribution in [1.29, 1.82) is 0 Å². The van der Waals surface area contributed by atoms with Gasteiger partial charge in [0.25, 0.3) is 5.91 Å². The molecule has 1 aliphatic heterocycles. The third kappa shape index (κ3) is 5.77. The Hall–Kier alpha value is -3.77. The van der Waals surface area contributed by atoms with E-state index in [1.54, 1.807) is 60.4 Å². The normalized spacial score (nSPS) is 14.9. The molecule has 0 saturated carbocycles. The Morgan fingerprint density at radius 1 is 0.735 bits per heavy atom. The molecule has 1 unspecified atom stereocenters. The number of carbonyl (C=O) groups excluding carboxylic acids is 3. The molecule has 1 atom stereocenters. The fraction of sp³-hybridized carbons (Fsp3) is 0.250. The van der Waals surface area contributed by atoms with Gasteiger partial charge >= 0.3 is 5.97 Å². The van der Waals surface area contributed by atoms with Crippen LogP contribution in [0.4, 0.5) is 0 Å². The van der Waals surface area contributed by atoms with Crippen LogP contribution < -0.4 is 0 Å². The van der Waals surface area contributed by atoms with Gasteiger partial charge in [-0.05, 0) is 24.6 Å². The number of amides is 1. The molecule has 3 aromatic rings. The molecule has 0 N–H and O–H groups in total. The average Bonchev–Trinajstić information content (AvgIpc) is 2.89. The monoisotopic (exact) mass is 456 g/mol. The van der Waals surface area contributed by atoms with Gasteiger partial charge in [0.1, 0.15) is 0 Å². The first-order valence-electron chi connectivity index (χ1n) is 11.5. The highest BCUT2D eigenvalue weighted by Gasteiger charge is 2.27. The van der Waals surface area contributed by atoms with E-state index in [2.05, 4.69) is 17.0 Å². The van der Waals surface area contributed by atoms with Gasteiger partial charge in [0.05, 0.1) is 5.56 Å². The van der Waals surface area contributed by atoms with Crippen LogP contribution in [0.25, 0.3) is 0 Å². The zero-order chi connectivity index (χ0) is 23.9. The minimum absolute atomic E-state index is 0.115. The molecule has 1 heterocycles. The van der Waals surface area contributed by atoms with Crippen molar-refractivity contribution < 1.29 is 19.1 Å². The van der Waals surface area contributed by atoms with E-state index in [9.17, 15) is 14.4 Å². The molecule has 1 fully saturated rings. The lowest BCUT2D eigenvalue weighted by atomic mass is 10.0. The molecule has 4 rings (SSSR count). The summed E-state index contributed by atoms with van der Waals surface area (Å²) in [4.78, 5) is 42.0. The molecule has 1 aliphatic rings. The first kappa shape index (κ1) is 23.4. The summed E-state index contributed by atoms with van der Waals surface area (Å²) in [5.41, 5.74) is 2.62. The maximum Gasteiger partial charge on any atom is 0.338 e. The maximum absolute atomic E-state index is 12.8. The SMILES string of the molecule is CC(OC(=O)c1ccc(C(=O)c2ccccc2)cc1)C(=O)N1CCN(Cc2ccccc2)CC1. The Morgan fingerprint density at radius 3 is 1.88 bits per heavy atom. The first-order valence-corrected chi connectivity index (χ1v) is 11.5. The van der Waals surface area contributed by atoms with Crippen molar-refractivity contribution in [2.45, 2.75) is 19.6 Å². The summed E-state index contributed by atoms with van der Waals surface area (Å²) in [6, 6.07) is 25.5. The van der Waals surface area contributed by atoms with Crippen molar-refractivity contribution in [1.82, 2.24) is 9.80 Å². The molecule has 0 aromatic heterocycles. The van der Waals surface area contributed by atoms with E-state index in [1.165, 1.54) is 5.56 Å². The number of ether oxygens (including phenoxy) is 1. The zero-order valence-corrected chi connectivity index (χ0v) is 19.2. The van der Waals surface area contributed by atoms with E-state index in [-0.39, 0.29) is 11.7 Å². The summed E-state index contributed by atoms with van der Waals surface area (Å²) in [5, 5.41) is 0. The summed E-state index contributed by atoms with van der Waals surface area (Å²) in [7, 11) is 0. The first-order chi connectivity index (χ1) is 16.5. The number of nitrogens with zero attached hydrogens (tertiary/aromatic N) is 2. The number of benzene rings is 3. The molecular weight excluding hydrogens is 428 g/mol. The van der Waals surface area contributed by atoms with Crippen LogP contribution in [0.15, 0.2) is 84.9 Å². The second-order valence-electron chi connectivity index (χ2n) is 8.41. The standard InChI is InChI=1S/C28H28N2O4/c1-21(27(32)30-18-16-29(17-19-30)20-22-8-4-2-5-9-22)34-28(33)25-14-12-24(13-15-25)26(31)23-10-6-3-7-11-23/h2-15,21H,16-20H2,1H3. The van der Waals surface area contributed by atoms with Crippen LogP contribution >= 0.6 is 0 Å². The van der Waals surface area contributed by atoms with Crippen molar-refractivity contribution in [3.8, 4) is 0 Å². The van der Waals surface area contributed by atoms with Crippen LogP contribution in [-0.4, -0.2) is 59.7 Å². The van der Waals surface area contributed by atoms with Crippen LogP contribution in [0.5, 0.6) is 0 Å². The predicted octanol–water partition coefficient (Wildman–Crippen LogP) is 3.81. The van der Waals surface area contributed by atoms with Crippen molar-refractivity contribution >= 4 is 17.7 Å². The third-order valence-corrected chi connectivity index (χ3v) is 5.98. The Bertz CT molecular complexity index is 1120. The molecule has 6 heteroatoms. The van der Waals surface area contributed by atoms with E-state index < -0.39 is 12.1 Å². The van der Waals surface area contributed by atoms with E-state index in [1.807, 2.05) is 24.3 Å². The van der Waals surface area contributed by atoms with E-state index in [4.69, 9.17) is 4.74 Å². The number of ketones is 1.